The van der Waals surface area contributed by atoms with Crippen LogP contribution in [-0.2, 0) is 0 Å². The summed E-state index contributed by atoms with van der Waals surface area (Å²) < 4.78 is 5.36. The first-order valence-electron chi connectivity index (χ1n) is 11.8. The fourth-order valence-electron chi connectivity index (χ4n) is 4.59. The van der Waals surface area contributed by atoms with Gasteiger partial charge < -0.3 is 14.9 Å². The molecule has 172 valence electrons. The number of hydrogen-bond donors (Lipinski definition) is 2. The first-order valence-corrected chi connectivity index (χ1v) is 11.8. The lowest BCUT2D eigenvalue weighted by molar-refractivity contribution is 0.115. The minimum absolute atomic E-state index is 0.208. The number of pyridine rings is 1. The third kappa shape index (κ3) is 6.62. The average Bonchev–Trinajstić information content (AvgIpc) is 2.99. The number of aliphatic hydroxyl groups excluding tert-OH is 2. The van der Waals surface area contributed by atoms with Gasteiger partial charge in [-0.05, 0) is 55.8 Å². The van der Waals surface area contributed by atoms with Crippen molar-refractivity contribution < 1.29 is 14.9 Å². The summed E-state index contributed by atoms with van der Waals surface area (Å²) in [5, 5.41) is 21.9. The second kappa shape index (κ2) is 12.3. The molecule has 3 rings (SSSR count). The summed E-state index contributed by atoms with van der Waals surface area (Å²) >= 11 is 0. The van der Waals surface area contributed by atoms with Gasteiger partial charge >= 0.3 is 0 Å². The van der Waals surface area contributed by atoms with Crippen molar-refractivity contribution >= 4 is 10.9 Å². The summed E-state index contributed by atoms with van der Waals surface area (Å²) in [6.07, 6.45) is 8.45. The molecule has 1 saturated heterocycles. The predicted molar refractivity (Wildman–Crippen MR) is 126 cm³/mol. The maximum atomic E-state index is 11.1. The van der Waals surface area contributed by atoms with E-state index in [0.717, 1.165) is 54.8 Å². The van der Waals surface area contributed by atoms with E-state index in [4.69, 9.17) is 4.74 Å². The number of ether oxygens (including phenoxy) is 1. The van der Waals surface area contributed by atoms with Crippen LogP contribution in [0.5, 0.6) is 5.75 Å². The average molecular weight is 430 g/mol. The fraction of sp³-hybridized carbons (Fsp3) is 0.640. The zero-order valence-corrected chi connectivity index (χ0v) is 19.2. The van der Waals surface area contributed by atoms with Crippen LogP contribution in [0.2, 0.25) is 0 Å². The quantitative estimate of drug-likeness (QED) is 0.532. The van der Waals surface area contributed by atoms with Crippen LogP contribution in [0.3, 0.4) is 0 Å². The summed E-state index contributed by atoms with van der Waals surface area (Å²) in [4.78, 5) is 9.20. The Balaban J connectivity index is 1.61. The van der Waals surface area contributed by atoms with Crippen molar-refractivity contribution in [3.63, 3.8) is 0 Å². The molecule has 2 unspecified atom stereocenters. The van der Waals surface area contributed by atoms with E-state index >= 15 is 0 Å². The van der Waals surface area contributed by atoms with Gasteiger partial charge in [0.25, 0.3) is 0 Å². The topological polar surface area (TPSA) is 69.1 Å². The second-order valence-corrected chi connectivity index (χ2v) is 8.67. The van der Waals surface area contributed by atoms with E-state index in [9.17, 15) is 10.2 Å². The van der Waals surface area contributed by atoms with Crippen molar-refractivity contribution in [1.29, 1.82) is 0 Å². The molecule has 6 nitrogen and oxygen atoms in total. The largest absolute Gasteiger partial charge is 0.497 e. The van der Waals surface area contributed by atoms with Crippen molar-refractivity contribution in [3.8, 4) is 5.75 Å². The van der Waals surface area contributed by atoms with Crippen LogP contribution >= 0.6 is 0 Å². The second-order valence-electron chi connectivity index (χ2n) is 8.67. The van der Waals surface area contributed by atoms with Crippen LogP contribution in [0, 0.1) is 0 Å². The fourth-order valence-corrected chi connectivity index (χ4v) is 4.59. The van der Waals surface area contributed by atoms with Gasteiger partial charge in [0, 0.05) is 37.3 Å². The predicted octanol–water partition coefficient (Wildman–Crippen LogP) is 3.62. The summed E-state index contributed by atoms with van der Waals surface area (Å²) in [5.41, 5.74) is 1.75. The van der Waals surface area contributed by atoms with E-state index in [-0.39, 0.29) is 12.6 Å². The molecule has 1 aliphatic heterocycles. The Morgan fingerprint density at radius 3 is 2.74 bits per heavy atom. The molecule has 2 N–H and O–H groups in total. The molecule has 1 aromatic carbocycles. The van der Waals surface area contributed by atoms with Crippen molar-refractivity contribution in [2.75, 3.05) is 46.4 Å². The van der Waals surface area contributed by atoms with Crippen molar-refractivity contribution in [2.45, 2.75) is 57.6 Å². The maximum absolute atomic E-state index is 11.1. The number of nitrogens with zero attached hydrogens (tertiary/aromatic N) is 3. The van der Waals surface area contributed by atoms with E-state index in [0.29, 0.717) is 6.54 Å². The van der Waals surface area contributed by atoms with Crippen LogP contribution in [0.4, 0.5) is 0 Å². The van der Waals surface area contributed by atoms with Gasteiger partial charge in [0.1, 0.15) is 5.75 Å². The molecule has 2 atom stereocenters. The zero-order chi connectivity index (χ0) is 22.1. The standard InChI is InChI=1S/C25H39N3O3/c1-3-4-5-6-7-13-28-16-15-27(14-11-20(28)19-29)18-25(30)22-10-12-26-24-9-8-21(31-2)17-23(22)24/h8-10,12,17,20,25,29-30H,3-7,11,13-16,18-19H2,1-2H3. The summed E-state index contributed by atoms with van der Waals surface area (Å²) in [7, 11) is 1.65. The molecule has 6 heteroatoms. The minimum atomic E-state index is -0.592. The summed E-state index contributed by atoms with van der Waals surface area (Å²) in [6.45, 7) is 6.83. The van der Waals surface area contributed by atoms with Gasteiger partial charge in [-0.15, -0.1) is 0 Å². The molecule has 0 amide bonds. The monoisotopic (exact) mass is 429 g/mol. The van der Waals surface area contributed by atoms with Crippen LogP contribution in [-0.4, -0.2) is 77.5 Å². The van der Waals surface area contributed by atoms with Gasteiger partial charge in [-0.1, -0.05) is 32.6 Å². The van der Waals surface area contributed by atoms with Gasteiger partial charge in [0.2, 0.25) is 0 Å². The molecule has 0 spiro atoms. The lowest BCUT2D eigenvalue weighted by Crippen LogP contribution is -2.39. The number of benzene rings is 1. The Morgan fingerprint density at radius 1 is 1.13 bits per heavy atom. The van der Waals surface area contributed by atoms with Crippen molar-refractivity contribution in [3.05, 3.63) is 36.0 Å². The Labute approximate surface area is 186 Å². The van der Waals surface area contributed by atoms with Gasteiger partial charge in [0.15, 0.2) is 0 Å². The number of aliphatic hydroxyl groups is 2. The third-order valence-electron chi connectivity index (χ3n) is 6.53. The molecule has 0 saturated carbocycles. The smallest absolute Gasteiger partial charge is 0.119 e. The highest BCUT2D eigenvalue weighted by Gasteiger charge is 2.25. The van der Waals surface area contributed by atoms with Gasteiger partial charge in [0.05, 0.1) is 25.3 Å². The van der Waals surface area contributed by atoms with E-state index in [1.165, 1.54) is 32.1 Å². The Hall–Kier alpha value is -1.73. The molecule has 1 fully saturated rings. The number of hydrogen-bond acceptors (Lipinski definition) is 6. The van der Waals surface area contributed by atoms with Crippen LogP contribution < -0.4 is 4.74 Å². The number of rotatable bonds is 11. The van der Waals surface area contributed by atoms with Gasteiger partial charge in [-0.2, -0.15) is 0 Å². The molecule has 2 aromatic rings. The number of unbranched alkanes of at least 4 members (excludes halogenated alkanes) is 4. The zero-order valence-electron chi connectivity index (χ0n) is 19.2. The number of fused-ring (bicyclic) bond motifs is 1. The lowest BCUT2D eigenvalue weighted by Gasteiger charge is -2.28. The van der Waals surface area contributed by atoms with Crippen molar-refractivity contribution in [1.82, 2.24) is 14.8 Å². The lowest BCUT2D eigenvalue weighted by atomic mass is 10.0. The van der Waals surface area contributed by atoms with E-state index in [1.807, 2.05) is 24.3 Å². The normalized spacial score (nSPS) is 19.4. The minimum Gasteiger partial charge on any atom is -0.497 e. The Bertz CT molecular complexity index is 801. The van der Waals surface area contributed by atoms with E-state index < -0.39 is 6.10 Å². The first kappa shape index (κ1) is 23.9. The SMILES string of the molecule is CCCCCCCN1CCN(CC(O)c2ccnc3ccc(OC)cc23)CCC1CO. The molecule has 1 aliphatic rings. The molecule has 0 bridgehead atoms. The molecule has 1 aromatic heterocycles. The molecular formula is C25H39N3O3. The van der Waals surface area contributed by atoms with E-state index in [1.54, 1.807) is 13.3 Å². The number of aromatic nitrogens is 1. The Morgan fingerprint density at radius 2 is 1.97 bits per heavy atom. The maximum Gasteiger partial charge on any atom is 0.119 e. The van der Waals surface area contributed by atoms with Crippen LogP contribution in [0.15, 0.2) is 30.5 Å². The molecule has 31 heavy (non-hydrogen) atoms. The number of β-amino-alcohol motifs (C(OH)–C–C–N with tert-alkyl or cyclic N) is 1. The van der Waals surface area contributed by atoms with Gasteiger partial charge in [-0.25, -0.2) is 0 Å². The molecule has 0 aliphatic carbocycles. The highest BCUT2D eigenvalue weighted by molar-refractivity contribution is 5.83. The molecule has 2 heterocycles. The molecular weight excluding hydrogens is 390 g/mol. The number of methoxy groups -OCH3 is 1. The highest BCUT2D eigenvalue weighted by atomic mass is 16.5. The van der Waals surface area contributed by atoms with Crippen LogP contribution in [0.25, 0.3) is 10.9 Å². The molecule has 0 radical (unpaired) electrons. The third-order valence-corrected chi connectivity index (χ3v) is 6.53. The van der Waals surface area contributed by atoms with Gasteiger partial charge in [-0.3, -0.25) is 14.8 Å². The Kier molecular flexibility index (Phi) is 9.53. The first-order chi connectivity index (χ1) is 15.2. The summed E-state index contributed by atoms with van der Waals surface area (Å²) in [5.74, 6) is 0.768. The summed E-state index contributed by atoms with van der Waals surface area (Å²) in [6, 6.07) is 7.90. The highest BCUT2D eigenvalue weighted by Crippen LogP contribution is 2.27. The van der Waals surface area contributed by atoms with Crippen LogP contribution in [0.1, 0.15) is 57.1 Å². The van der Waals surface area contributed by atoms with Crippen molar-refractivity contribution in [2.24, 2.45) is 0 Å². The van der Waals surface area contributed by atoms with E-state index in [2.05, 4.69) is 21.7 Å².